The zero-order valence-electron chi connectivity index (χ0n) is 12.7. The van der Waals surface area contributed by atoms with E-state index in [1.165, 1.54) is 6.26 Å². The number of sulfone groups is 1. The van der Waals surface area contributed by atoms with Crippen LogP contribution in [0.25, 0.3) is 0 Å². The minimum absolute atomic E-state index is 0.0117. The second kappa shape index (κ2) is 5.40. The van der Waals surface area contributed by atoms with Crippen molar-refractivity contribution < 1.29 is 13.2 Å². The summed E-state index contributed by atoms with van der Waals surface area (Å²) in [6.45, 7) is 9.59. The fourth-order valence-electron chi connectivity index (χ4n) is 2.21. The molecule has 0 spiro atoms. The molecule has 1 N–H and O–H groups in total. The third-order valence-electron chi connectivity index (χ3n) is 3.72. The predicted octanol–water partition coefficient (Wildman–Crippen LogP) is 1.00. The molecule has 1 saturated heterocycles. The van der Waals surface area contributed by atoms with E-state index < -0.39 is 14.6 Å². The van der Waals surface area contributed by atoms with Gasteiger partial charge in [-0.25, -0.2) is 8.42 Å². The Morgan fingerprint density at radius 1 is 1.37 bits per heavy atom. The first-order valence-electron chi connectivity index (χ1n) is 6.72. The lowest BCUT2D eigenvalue weighted by atomic mass is 10.1. The number of hydrogen-bond donors (Lipinski definition) is 1. The van der Waals surface area contributed by atoms with Gasteiger partial charge < -0.3 is 4.90 Å². The molecular weight excluding hydrogens is 264 g/mol. The fraction of sp³-hybridized carbons (Fsp3) is 0.923. The van der Waals surface area contributed by atoms with Crippen molar-refractivity contribution >= 4 is 15.7 Å². The lowest BCUT2D eigenvalue weighted by molar-refractivity contribution is -0.130. The van der Waals surface area contributed by atoms with E-state index >= 15 is 0 Å². The maximum absolute atomic E-state index is 12.2. The molecule has 112 valence electrons. The number of amides is 1. The molecule has 2 atom stereocenters. The Balaban J connectivity index is 2.92. The summed E-state index contributed by atoms with van der Waals surface area (Å²) in [6, 6.07) is -0.237. The lowest BCUT2D eigenvalue weighted by Gasteiger charge is -2.32. The summed E-state index contributed by atoms with van der Waals surface area (Å²) in [5, 5.41) is 3.24. The van der Waals surface area contributed by atoms with Crippen LogP contribution < -0.4 is 5.32 Å². The van der Waals surface area contributed by atoms with Gasteiger partial charge >= 0.3 is 0 Å². The van der Waals surface area contributed by atoms with Gasteiger partial charge in [0.2, 0.25) is 5.91 Å². The molecule has 0 saturated carbocycles. The second-order valence-electron chi connectivity index (χ2n) is 6.53. The van der Waals surface area contributed by atoms with Gasteiger partial charge in [-0.2, -0.15) is 0 Å². The molecule has 6 heteroatoms. The standard InChI is InChI=1S/C13H26N2O3S/c1-9(2)7-11-14-10(3)12(16)15(11)8-13(4,5)19(6,17)18/h9-11,14H,7-8H2,1-6H3. The Morgan fingerprint density at radius 2 is 1.89 bits per heavy atom. The number of rotatable bonds is 5. The summed E-state index contributed by atoms with van der Waals surface area (Å²) in [7, 11) is -3.20. The van der Waals surface area contributed by atoms with Gasteiger partial charge in [-0.15, -0.1) is 0 Å². The van der Waals surface area contributed by atoms with E-state index in [9.17, 15) is 13.2 Å². The second-order valence-corrected chi connectivity index (χ2v) is 9.18. The summed E-state index contributed by atoms with van der Waals surface area (Å²) in [4.78, 5) is 13.9. The largest absolute Gasteiger partial charge is 0.324 e. The first kappa shape index (κ1) is 16.4. The average Bonchev–Trinajstić information content (AvgIpc) is 2.43. The van der Waals surface area contributed by atoms with Gasteiger partial charge in [-0.1, -0.05) is 13.8 Å². The molecule has 2 unspecified atom stereocenters. The molecule has 0 aromatic heterocycles. The van der Waals surface area contributed by atoms with Crippen LogP contribution in [0.15, 0.2) is 0 Å². The van der Waals surface area contributed by atoms with E-state index in [2.05, 4.69) is 19.2 Å². The van der Waals surface area contributed by atoms with Gasteiger partial charge in [0.1, 0.15) is 0 Å². The maximum Gasteiger partial charge on any atom is 0.240 e. The van der Waals surface area contributed by atoms with Gasteiger partial charge in [0.15, 0.2) is 9.84 Å². The van der Waals surface area contributed by atoms with E-state index in [4.69, 9.17) is 0 Å². The van der Waals surface area contributed by atoms with Gasteiger partial charge in [-0.05, 0) is 33.1 Å². The van der Waals surface area contributed by atoms with E-state index in [0.29, 0.717) is 5.92 Å². The number of nitrogens with zero attached hydrogens (tertiary/aromatic N) is 1. The highest BCUT2D eigenvalue weighted by Crippen LogP contribution is 2.24. The van der Waals surface area contributed by atoms with Crippen molar-refractivity contribution in [2.75, 3.05) is 12.8 Å². The van der Waals surface area contributed by atoms with E-state index in [1.807, 2.05) is 6.92 Å². The van der Waals surface area contributed by atoms with Crippen LogP contribution in [-0.4, -0.2) is 49.0 Å². The normalized spacial score (nSPS) is 25.4. The van der Waals surface area contributed by atoms with Crippen molar-refractivity contribution in [1.82, 2.24) is 10.2 Å². The van der Waals surface area contributed by atoms with Gasteiger partial charge in [0, 0.05) is 12.8 Å². The topological polar surface area (TPSA) is 66.5 Å². The van der Waals surface area contributed by atoms with Crippen molar-refractivity contribution in [3.05, 3.63) is 0 Å². The molecule has 0 radical (unpaired) electrons. The molecule has 19 heavy (non-hydrogen) atoms. The smallest absolute Gasteiger partial charge is 0.240 e. The summed E-state index contributed by atoms with van der Waals surface area (Å²) < 4.78 is 22.7. The third-order valence-corrected chi connectivity index (χ3v) is 5.86. The van der Waals surface area contributed by atoms with Crippen LogP contribution in [0.5, 0.6) is 0 Å². The van der Waals surface area contributed by atoms with Crippen LogP contribution in [0, 0.1) is 5.92 Å². The number of nitrogens with one attached hydrogen (secondary N) is 1. The summed E-state index contributed by atoms with van der Waals surface area (Å²) in [6.07, 6.45) is 1.99. The Kier molecular flexibility index (Phi) is 4.67. The highest BCUT2D eigenvalue weighted by molar-refractivity contribution is 7.92. The van der Waals surface area contributed by atoms with Crippen LogP contribution in [-0.2, 0) is 14.6 Å². The molecule has 1 aliphatic rings. The van der Waals surface area contributed by atoms with E-state index in [1.54, 1.807) is 18.7 Å². The van der Waals surface area contributed by atoms with Crippen LogP contribution in [0.4, 0.5) is 0 Å². The quantitative estimate of drug-likeness (QED) is 0.820. The molecule has 1 fully saturated rings. The Bertz CT molecular complexity index is 443. The highest BCUT2D eigenvalue weighted by atomic mass is 32.2. The zero-order valence-corrected chi connectivity index (χ0v) is 13.5. The van der Waals surface area contributed by atoms with Crippen molar-refractivity contribution in [2.24, 2.45) is 5.92 Å². The van der Waals surface area contributed by atoms with Crippen molar-refractivity contribution in [3.63, 3.8) is 0 Å². The van der Waals surface area contributed by atoms with Crippen LogP contribution in [0.3, 0.4) is 0 Å². The molecule has 0 bridgehead atoms. The summed E-state index contributed by atoms with van der Waals surface area (Å²) in [5.41, 5.74) is 0. The van der Waals surface area contributed by atoms with Gasteiger partial charge in [0.25, 0.3) is 0 Å². The number of carbonyl (C=O) groups excluding carboxylic acids is 1. The molecule has 0 aromatic carbocycles. The molecule has 0 aromatic rings. The van der Waals surface area contributed by atoms with Gasteiger partial charge in [-0.3, -0.25) is 10.1 Å². The van der Waals surface area contributed by atoms with Crippen LogP contribution in [0.1, 0.15) is 41.0 Å². The fourth-order valence-corrected chi connectivity index (χ4v) is 2.58. The molecule has 1 aliphatic heterocycles. The van der Waals surface area contributed by atoms with E-state index in [0.717, 1.165) is 6.42 Å². The van der Waals surface area contributed by atoms with Crippen LogP contribution in [0.2, 0.25) is 0 Å². The molecule has 1 rings (SSSR count). The van der Waals surface area contributed by atoms with Gasteiger partial charge in [0.05, 0.1) is 17.0 Å². The van der Waals surface area contributed by atoms with Crippen molar-refractivity contribution in [3.8, 4) is 0 Å². The highest BCUT2D eigenvalue weighted by Gasteiger charge is 2.42. The summed E-state index contributed by atoms with van der Waals surface area (Å²) in [5.74, 6) is 0.432. The maximum atomic E-state index is 12.2. The number of hydrogen-bond acceptors (Lipinski definition) is 4. The summed E-state index contributed by atoms with van der Waals surface area (Å²) >= 11 is 0. The Morgan fingerprint density at radius 3 is 2.32 bits per heavy atom. The van der Waals surface area contributed by atoms with Crippen molar-refractivity contribution in [1.29, 1.82) is 0 Å². The molecule has 1 heterocycles. The Labute approximate surface area is 116 Å². The first-order chi connectivity index (χ1) is 8.45. The molecular formula is C13H26N2O3S. The number of carbonyl (C=O) groups is 1. The minimum Gasteiger partial charge on any atom is -0.324 e. The Hall–Kier alpha value is -0.620. The average molecular weight is 290 g/mol. The molecule has 1 amide bonds. The SMILES string of the molecule is CC(C)CC1NC(C)C(=O)N1CC(C)(C)S(C)(=O)=O. The van der Waals surface area contributed by atoms with E-state index in [-0.39, 0.29) is 24.7 Å². The minimum atomic E-state index is -3.20. The first-order valence-corrected chi connectivity index (χ1v) is 8.61. The monoisotopic (exact) mass is 290 g/mol. The predicted molar refractivity (Wildman–Crippen MR) is 76.5 cm³/mol. The molecule has 5 nitrogen and oxygen atoms in total. The molecule has 0 aliphatic carbocycles. The lowest BCUT2D eigenvalue weighted by Crippen LogP contribution is -2.49. The van der Waals surface area contributed by atoms with Crippen molar-refractivity contribution in [2.45, 2.75) is 58.0 Å². The third kappa shape index (κ3) is 3.69. The zero-order chi connectivity index (χ0) is 15.0. The van der Waals surface area contributed by atoms with Crippen LogP contribution >= 0.6 is 0 Å².